The van der Waals surface area contributed by atoms with Crippen LogP contribution >= 0.6 is 24.0 Å². The van der Waals surface area contributed by atoms with Gasteiger partial charge in [0.15, 0.2) is 5.96 Å². The summed E-state index contributed by atoms with van der Waals surface area (Å²) in [7, 11) is 1.75. The first-order valence-corrected chi connectivity index (χ1v) is 7.99. The summed E-state index contributed by atoms with van der Waals surface area (Å²) in [6.07, 6.45) is 1.73. The molecule has 1 aromatic heterocycles. The average molecular weight is 455 g/mol. The summed E-state index contributed by atoms with van der Waals surface area (Å²) in [6, 6.07) is 11.9. The minimum absolute atomic E-state index is 0. The van der Waals surface area contributed by atoms with Crippen molar-refractivity contribution >= 4 is 29.9 Å². The van der Waals surface area contributed by atoms with Gasteiger partial charge in [-0.3, -0.25) is 4.99 Å². The van der Waals surface area contributed by atoms with Crippen LogP contribution < -0.4 is 15.4 Å². The second kappa shape index (κ2) is 10.8. The van der Waals surface area contributed by atoms with Crippen LogP contribution in [0.5, 0.6) is 5.75 Å². The predicted molar refractivity (Wildman–Crippen MR) is 113 cm³/mol. The molecule has 0 aliphatic heterocycles. The van der Waals surface area contributed by atoms with Crippen molar-refractivity contribution in [2.45, 2.75) is 26.4 Å². The molecule has 0 amide bonds. The molecule has 1 unspecified atom stereocenters. The summed E-state index contributed by atoms with van der Waals surface area (Å²) in [4.78, 5) is 4.26. The van der Waals surface area contributed by atoms with Gasteiger partial charge in [0.05, 0.1) is 6.04 Å². The number of halogens is 1. The Morgan fingerprint density at radius 3 is 2.72 bits per heavy atom. The van der Waals surface area contributed by atoms with Crippen LogP contribution in [0.2, 0.25) is 0 Å². The van der Waals surface area contributed by atoms with E-state index in [1.54, 1.807) is 13.1 Å². The van der Waals surface area contributed by atoms with Gasteiger partial charge in [-0.1, -0.05) is 30.9 Å². The molecule has 136 valence electrons. The molecule has 5 nitrogen and oxygen atoms in total. The standard InChI is InChI=1S/C19H25N3O2.HI/c1-5-12-23-18-9-7-6-8-16(18)13-21-19(20-4)22-15(3)17-11-10-14(2)24-17;/h5-11,15H,1,12-13H2,2-4H3,(H2,20,21,22);1H. The quantitative estimate of drug-likeness (QED) is 0.285. The Kier molecular flexibility index (Phi) is 9.12. The van der Waals surface area contributed by atoms with Crippen molar-refractivity contribution in [2.24, 2.45) is 4.99 Å². The molecule has 0 aliphatic rings. The van der Waals surface area contributed by atoms with E-state index in [4.69, 9.17) is 9.15 Å². The van der Waals surface area contributed by atoms with E-state index < -0.39 is 0 Å². The van der Waals surface area contributed by atoms with Crippen molar-refractivity contribution in [1.82, 2.24) is 10.6 Å². The molecule has 6 heteroatoms. The minimum Gasteiger partial charge on any atom is -0.489 e. The normalized spacial score (nSPS) is 12.0. The summed E-state index contributed by atoms with van der Waals surface area (Å²) in [5, 5.41) is 6.62. The highest BCUT2D eigenvalue weighted by atomic mass is 127. The summed E-state index contributed by atoms with van der Waals surface area (Å²) in [6.45, 7) is 8.74. The molecule has 0 saturated carbocycles. The molecule has 0 aliphatic carbocycles. The van der Waals surface area contributed by atoms with Gasteiger partial charge in [0.2, 0.25) is 0 Å². The topological polar surface area (TPSA) is 58.8 Å². The van der Waals surface area contributed by atoms with Gasteiger partial charge >= 0.3 is 0 Å². The number of nitrogens with zero attached hydrogens (tertiary/aromatic N) is 1. The van der Waals surface area contributed by atoms with E-state index in [-0.39, 0.29) is 30.0 Å². The van der Waals surface area contributed by atoms with E-state index in [1.807, 2.05) is 50.2 Å². The maximum absolute atomic E-state index is 5.67. The van der Waals surface area contributed by atoms with Gasteiger partial charge < -0.3 is 19.8 Å². The summed E-state index contributed by atoms with van der Waals surface area (Å²) in [5.74, 6) is 3.32. The zero-order valence-electron chi connectivity index (χ0n) is 14.9. The fraction of sp³-hybridized carbons (Fsp3) is 0.316. The lowest BCUT2D eigenvalue weighted by atomic mass is 10.2. The first-order valence-electron chi connectivity index (χ1n) is 7.99. The van der Waals surface area contributed by atoms with Gasteiger partial charge in [0, 0.05) is 19.2 Å². The molecule has 1 aromatic carbocycles. The number of ether oxygens (including phenoxy) is 1. The lowest BCUT2D eigenvalue weighted by Crippen LogP contribution is -2.38. The Morgan fingerprint density at radius 2 is 2.08 bits per heavy atom. The third-order valence-corrected chi connectivity index (χ3v) is 3.54. The van der Waals surface area contributed by atoms with Gasteiger partial charge in [0.1, 0.15) is 23.9 Å². The van der Waals surface area contributed by atoms with Crippen LogP contribution in [-0.2, 0) is 6.54 Å². The number of aryl methyl sites for hydroxylation is 1. The maximum Gasteiger partial charge on any atom is 0.191 e. The van der Waals surface area contributed by atoms with Crippen molar-refractivity contribution in [2.75, 3.05) is 13.7 Å². The molecular formula is C19H26IN3O2. The molecule has 1 heterocycles. The Hall–Kier alpha value is -1.96. The van der Waals surface area contributed by atoms with Gasteiger partial charge in [-0.25, -0.2) is 0 Å². The average Bonchev–Trinajstić information content (AvgIpc) is 3.04. The van der Waals surface area contributed by atoms with Gasteiger partial charge in [-0.15, -0.1) is 24.0 Å². The van der Waals surface area contributed by atoms with Gasteiger partial charge in [-0.2, -0.15) is 0 Å². The number of nitrogens with one attached hydrogen (secondary N) is 2. The smallest absolute Gasteiger partial charge is 0.191 e. The molecule has 2 rings (SSSR count). The van der Waals surface area contributed by atoms with Crippen molar-refractivity contribution in [1.29, 1.82) is 0 Å². The Bertz CT molecular complexity index is 697. The Labute approximate surface area is 166 Å². The van der Waals surface area contributed by atoms with Crippen LogP contribution in [0, 0.1) is 6.92 Å². The van der Waals surface area contributed by atoms with Crippen LogP contribution in [0.25, 0.3) is 0 Å². The third-order valence-electron chi connectivity index (χ3n) is 3.54. The van der Waals surface area contributed by atoms with Crippen molar-refractivity contribution in [3.63, 3.8) is 0 Å². The van der Waals surface area contributed by atoms with E-state index in [1.165, 1.54) is 0 Å². The number of rotatable bonds is 7. The fourth-order valence-corrected chi connectivity index (χ4v) is 2.28. The zero-order valence-corrected chi connectivity index (χ0v) is 17.2. The van der Waals surface area contributed by atoms with E-state index in [0.717, 1.165) is 22.8 Å². The molecule has 0 fully saturated rings. The first kappa shape index (κ1) is 21.1. The molecule has 0 bridgehead atoms. The molecule has 2 aromatic rings. The molecular weight excluding hydrogens is 429 g/mol. The number of hydrogen-bond donors (Lipinski definition) is 2. The summed E-state index contributed by atoms with van der Waals surface area (Å²) in [5.41, 5.74) is 1.06. The highest BCUT2D eigenvalue weighted by molar-refractivity contribution is 14.0. The lowest BCUT2D eigenvalue weighted by Gasteiger charge is -2.17. The number of hydrogen-bond acceptors (Lipinski definition) is 3. The van der Waals surface area contributed by atoms with Crippen LogP contribution in [0.1, 0.15) is 30.0 Å². The molecule has 2 N–H and O–H groups in total. The van der Waals surface area contributed by atoms with Crippen molar-refractivity contribution in [3.05, 3.63) is 66.1 Å². The van der Waals surface area contributed by atoms with E-state index in [9.17, 15) is 0 Å². The number of aliphatic imine (C=N–C) groups is 1. The monoisotopic (exact) mass is 455 g/mol. The second-order valence-corrected chi connectivity index (χ2v) is 5.45. The van der Waals surface area contributed by atoms with Crippen molar-refractivity contribution in [3.8, 4) is 5.75 Å². The van der Waals surface area contributed by atoms with Gasteiger partial charge in [-0.05, 0) is 32.0 Å². The molecule has 1 atom stereocenters. The highest BCUT2D eigenvalue weighted by Gasteiger charge is 2.11. The first-order chi connectivity index (χ1) is 11.6. The van der Waals surface area contributed by atoms with Crippen LogP contribution in [0.15, 0.2) is 58.5 Å². The number of guanidine groups is 1. The zero-order chi connectivity index (χ0) is 17.4. The van der Waals surface area contributed by atoms with Crippen molar-refractivity contribution < 1.29 is 9.15 Å². The van der Waals surface area contributed by atoms with E-state index >= 15 is 0 Å². The van der Waals surface area contributed by atoms with E-state index in [0.29, 0.717) is 19.1 Å². The van der Waals surface area contributed by atoms with Crippen LogP contribution in [-0.4, -0.2) is 19.6 Å². The molecule has 25 heavy (non-hydrogen) atoms. The maximum atomic E-state index is 5.67. The third kappa shape index (κ3) is 6.45. The molecule has 0 saturated heterocycles. The summed E-state index contributed by atoms with van der Waals surface area (Å²) >= 11 is 0. The second-order valence-electron chi connectivity index (χ2n) is 5.45. The minimum atomic E-state index is 0. The lowest BCUT2D eigenvalue weighted by molar-refractivity contribution is 0.358. The summed E-state index contributed by atoms with van der Waals surface area (Å²) < 4.78 is 11.3. The number of para-hydroxylation sites is 1. The number of benzene rings is 1. The molecule has 0 spiro atoms. The fourth-order valence-electron chi connectivity index (χ4n) is 2.28. The highest BCUT2D eigenvalue weighted by Crippen LogP contribution is 2.18. The number of furan rings is 1. The SMILES string of the molecule is C=CCOc1ccccc1CNC(=NC)NC(C)c1ccc(C)o1.I. The van der Waals surface area contributed by atoms with Crippen LogP contribution in [0.3, 0.4) is 0 Å². The molecule has 0 radical (unpaired) electrons. The van der Waals surface area contributed by atoms with Crippen LogP contribution in [0.4, 0.5) is 0 Å². The van der Waals surface area contributed by atoms with E-state index in [2.05, 4.69) is 22.2 Å². The largest absolute Gasteiger partial charge is 0.489 e. The van der Waals surface area contributed by atoms with Gasteiger partial charge in [0.25, 0.3) is 0 Å². The Balaban J connectivity index is 0.00000312. The predicted octanol–water partition coefficient (Wildman–Crippen LogP) is 4.20. The Morgan fingerprint density at radius 1 is 1.32 bits per heavy atom.